The van der Waals surface area contributed by atoms with E-state index in [1.807, 2.05) is 38.5 Å². The summed E-state index contributed by atoms with van der Waals surface area (Å²) >= 11 is 14.4. The van der Waals surface area contributed by atoms with Crippen LogP contribution in [0.5, 0.6) is 46.0 Å². The molecule has 678 valence electrons. The second-order valence-electron chi connectivity index (χ2n) is 30.5. The third-order valence-corrected chi connectivity index (χ3v) is 29.0. The maximum Gasteiger partial charge on any atom is 0.411 e. The van der Waals surface area contributed by atoms with Gasteiger partial charge in [0.2, 0.25) is 15.3 Å². The summed E-state index contributed by atoms with van der Waals surface area (Å²) in [5.41, 5.74) is -0.342. The quantitative estimate of drug-likeness (QED) is 0.0593. The van der Waals surface area contributed by atoms with Gasteiger partial charge in [-0.2, -0.15) is 36.4 Å². The lowest BCUT2D eigenvalue weighted by Gasteiger charge is -2.46. The van der Waals surface area contributed by atoms with Crippen molar-refractivity contribution in [2.24, 2.45) is 17.3 Å². The Hall–Kier alpha value is -7.76. The monoisotopic (exact) mass is 2010 g/mol. The van der Waals surface area contributed by atoms with Crippen molar-refractivity contribution in [2.45, 2.75) is 140 Å². The van der Waals surface area contributed by atoms with E-state index in [1.165, 1.54) is 136 Å². The normalized spacial score (nSPS) is 15.3. The number of hydrogen-bond acceptors (Lipinski definition) is 14. The van der Waals surface area contributed by atoms with Crippen molar-refractivity contribution in [3.8, 4) is 46.0 Å². The van der Waals surface area contributed by atoms with Gasteiger partial charge in [-0.05, 0) is 316 Å². The summed E-state index contributed by atoms with van der Waals surface area (Å²) in [5.74, 6) is 6.70. The summed E-state index contributed by atoms with van der Waals surface area (Å²) in [4.78, 5) is 2.97. The Kier molecular flexibility index (Phi) is 44.2. The highest BCUT2D eigenvalue weighted by atomic mass is 79.9. The highest BCUT2D eigenvalue weighted by Gasteiger charge is 2.72. The first kappa shape index (κ1) is 107. The Bertz CT molecular complexity index is 4510. The largest absolute Gasteiger partial charge is 0.497 e. The first-order valence-electron chi connectivity index (χ1n) is 39.8. The highest BCUT2D eigenvalue weighted by molar-refractivity contribution is 9.11. The third kappa shape index (κ3) is 29.7. The van der Waals surface area contributed by atoms with E-state index in [1.54, 1.807) is 81.1 Å². The number of hydrogen-bond donors (Lipinski definition) is 0. The van der Waals surface area contributed by atoms with Gasteiger partial charge in [0.05, 0.1) is 96.8 Å². The van der Waals surface area contributed by atoms with Crippen molar-refractivity contribution >= 4 is 83.6 Å². The smallest absolute Gasteiger partial charge is 0.411 e. The first-order chi connectivity index (χ1) is 58.8. The molecule has 0 aliphatic heterocycles. The van der Waals surface area contributed by atoms with E-state index in [4.69, 9.17) is 47.4 Å². The molecule has 0 amide bonds. The second-order valence-corrected chi connectivity index (χ2v) is 39.5. The topological polar surface area (TPSA) is 145 Å². The molecule has 2 saturated carbocycles. The Morgan fingerprint density at radius 2 is 0.556 bits per heavy atom. The predicted molar refractivity (Wildman–Crippen MR) is 502 cm³/mol. The number of benzene rings is 10. The van der Waals surface area contributed by atoms with Crippen LogP contribution in [-0.2, 0) is 46.0 Å². The summed E-state index contributed by atoms with van der Waals surface area (Å²) in [7, 11) is 17.8. The molecular formula is C98H120Br4F6O14S2. The van der Waals surface area contributed by atoms with Crippen molar-refractivity contribution in [3.05, 3.63) is 282 Å². The number of sulfone groups is 1. The van der Waals surface area contributed by atoms with Crippen molar-refractivity contribution in [2.75, 3.05) is 112 Å². The van der Waals surface area contributed by atoms with E-state index in [9.17, 15) is 34.8 Å². The summed E-state index contributed by atoms with van der Waals surface area (Å²) in [5, 5.41) is 0. The molecule has 10 aromatic carbocycles. The van der Waals surface area contributed by atoms with Crippen molar-refractivity contribution in [1.82, 2.24) is 0 Å². The van der Waals surface area contributed by atoms with Crippen molar-refractivity contribution in [1.29, 1.82) is 0 Å². The van der Waals surface area contributed by atoms with Crippen LogP contribution in [0.3, 0.4) is 0 Å². The van der Waals surface area contributed by atoms with Gasteiger partial charge in [-0.3, -0.25) is 0 Å². The highest BCUT2D eigenvalue weighted by Crippen LogP contribution is 2.61. The van der Waals surface area contributed by atoms with Gasteiger partial charge < -0.3 is 56.8 Å². The minimum atomic E-state index is -5.62. The maximum atomic E-state index is 13.8. The fraction of sp³-hybridized carbons (Fsp3) is 0.388. The molecule has 12 rings (SSSR count). The lowest BCUT2D eigenvalue weighted by Crippen LogP contribution is -2.54. The molecule has 0 saturated heterocycles. The lowest BCUT2D eigenvalue weighted by molar-refractivity contribution is -0.288. The van der Waals surface area contributed by atoms with Gasteiger partial charge in [-0.1, -0.05) is 137 Å². The summed E-state index contributed by atoms with van der Waals surface area (Å²) in [6, 6.07) is 65.9. The van der Waals surface area contributed by atoms with Crippen LogP contribution in [0.1, 0.15) is 112 Å². The molecule has 0 bridgehead atoms. The Morgan fingerprint density at radius 3 is 0.774 bits per heavy atom. The Labute approximate surface area is 766 Å². The molecule has 10 aromatic rings. The van der Waals surface area contributed by atoms with Gasteiger partial charge in [-0.15, -0.1) is 0 Å². The zero-order valence-electron chi connectivity index (χ0n) is 74.4. The van der Waals surface area contributed by atoms with Gasteiger partial charge in [0.25, 0.3) is 0 Å². The van der Waals surface area contributed by atoms with E-state index < -0.39 is 48.8 Å². The molecule has 2 aliphatic carbocycles. The zero-order valence-corrected chi connectivity index (χ0v) is 82.4. The number of halogens is 10. The lowest BCUT2D eigenvalue weighted by atomic mass is 9.60. The molecule has 0 heterocycles. The molecular weight excluding hydrogens is 1900 g/mol. The number of ether oxygens (including phenoxy) is 12. The Morgan fingerprint density at radius 1 is 0.323 bits per heavy atom. The van der Waals surface area contributed by atoms with Gasteiger partial charge in [-0.25, -0.2) is 8.42 Å². The van der Waals surface area contributed by atoms with Crippen LogP contribution in [0.2, 0.25) is 0 Å². The van der Waals surface area contributed by atoms with Crippen LogP contribution < -0.4 is 37.9 Å². The van der Waals surface area contributed by atoms with Gasteiger partial charge in [0, 0.05) is 48.1 Å². The van der Waals surface area contributed by atoms with Gasteiger partial charge in [0.1, 0.15) is 46.0 Å². The predicted octanol–water partition coefficient (Wildman–Crippen LogP) is 27.1. The molecule has 0 spiro atoms. The molecule has 0 unspecified atom stereocenters. The molecule has 26 heteroatoms. The molecule has 0 N–H and O–H groups in total. The van der Waals surface area contributed by atoms with E-state index in [0.717, 1.165) is 108 Å². The minimum Gasteiger partial charge on any atom is -0.497 e. The summed E-state index contributed by atoms with van der Waals surface area (Å²) < 4.78 is 172. The molecule has 14 nitrogen and oxygen atoms in total. The van der Waals surface area contributed by atoms with E-state index in [0.29, 0.717) is 29.1 Å². The van der Waals surface area contributed by atoms with Gasteiger partial charge in [0.15, 0.2) is 0 Å². The van der Waals surface area contributed by atoms with E-state index in [2.05, 4.69) is 223 Å². The average molecular weight is 2020 g/mol. The van der Waals surface area contributed by atoms with Crippen LogP contribution in [0.25, 0.3) is 0 Å². The fourth-order valence-corrected chi connectivity index (χ4v) is 21.3. The fourth-order valence-electron chi connectivity index (χ4n) is 14.5. The molecule has 0 atom stereocenters. The standard InChI is InChI=1S/C17H14F6O2.C17H32O2.C17H20O2.C16H16Br4O2S.C14H14O4S.C13H12.2C2H6O/c1-24-13-7-3-11(4-8-13)15(16(18,19)20,17(21,22)23)12-5-9-14(25-2)10-6-12;2*1-17(2,13-5-9-15(18-3)10-6-13)14-7-11-16(19-4)12-8-14;1-21-15-11(17)5-9(6-12(15)18)23(3,4)10-7-13(19)16(22-2)14(20)8-10;1-17-11-3-7-13(8-4-11)19(15,16)14-9-5-12(18-2)6-10-14;1-3-7-12(8-4-1)11-13-9-5-2-6-10-13;2*1-3-2/h3-10H,1-2H3;13-16H,5-12H2,1-4H3;5-12H,1-4H3;5-8H,1-4H3;3-10H,1-2H3;1-10H,11H2;2*1-2H3. The maximum absolute atomic E-state index is 13.8. The van der Waals surface area contributed by atoms with Crippen LogP contribution in [0.4, 0.5) is 26.3 Å². The molecule has 2 fully saturated rings. The SMILES string of the molecule is COC.COC.COC1CCC(C(C)(C)C2CCC(OC)CC2)CC1.COc1c(Br)cc(S(C)(C)c2cc(Br)c(OC)c(Br)c2)cc1Br.COc1ccc(C(C)(C)c2ccc(OC)cc2)cc1.COc1ccc(C(c2ccc(OC)cc2)(C(F)(F)F)C(F)(F)F)cc1.COc1ccc(S(=O)(=O)c2ccc(OC)cc2)cc1.c1ccc(Cc2ccccc2)cc1. The van der Waals surface area contributed by atoms with Crippen LogP contribution >= 0.6 is 73.7 Å². The van der Waals surface area contributed by atoms with E-state index >= 15 is 0 Å². The minimum absolute atomic E-state index is 0.0431. The molecule has 2 aliphatic rings. The summed E-state index contributed by atoms with van der Waals surface area (Å²) in [6.07, 6.45) is 5.86. The van der Waals surface area contributed by atoms with Crippen molar-refractivity contribution < 1.29 is 91.6 Å². The van der Waals surface area contributed by atoms with Crippen LogP contribution in [0, 0.1) is 17.3 Å². The molecule has 0 radical (unpaired) electrons. The third-order valence-electron chi connectivity index (χ3n) is 22.0. The Balaban J connectivity index is 0.000000263. The average Bonchev–Trinajstić information content (AvgIpc) is 0.714. The van der Waals surface area contributed by atoms with Gasteiger partial charge >= 0.3 is 12.4 Å². The molecule has 0 aromatic heterocycles. The first-order valence-corrected chi connectivity index (χ1v) is 46.9. The zero-order chi connectivity index (χ0) is 92.2. The summed E-state index contributed by atoms with van der Waals surface area (Å²) in [6.45, 7) is 9.47. The van der Waals surface area contributed by atoms with Crippen molar-refractivity contribution in [3.63, 3.8) is 0 Å². The van der Waals surface area contributed by atoms with Crippen LogP contribution in [0.15, 0.2) is 268 Å². The number of alkyl halides is 6. The van der Waals surface area contributed by atoms with Crippen LogP contribution in [-0.4, -0.2) is 145 Å². The second kappa shape index (κ2) is 51.3. The molecule has 124 heavy (non-hydrogen) atoms. The van der Waals surface area contributed by atoms with E-state index in [-0.39, 0.29) is 26.7 Å². The number of rotatable bonds is 22. The number of methoxy groups -OCH3 is 12.